The highest BCUT2D eigenvalue weighted by molar-refractivity contribution is 5.75. The predicted octanol–water partition coefficient (Wildman–Crippen LogP) is 2.82. The molecule has 0 bridgehead atoms. The largest absolute Gasteiger partial charge is 0.491 e. The molecule has 0 unspecified atom stereocenters. The molecule has 0 aromatic heterocycles. The lowest BCUT2D eigenvalue weighted by Crippen LogP contribution is -2.51. The van der Waals surface area contributed by atoms with Crippen LogP contribution in [0, 0.1) is 5.41 Å². The van der Waals surface area contributed by atoms with Gasteiger partial charge < -0.3 is 15.2 Å². The van der Waals surface area contributed by atoms with Crippen molar-refractivity contribution in [2.45, 2.75) is 52.3 Å². The van der Waals surface area contributed by atoms with Crippen molar-refractivity contribution in [1.29, 1.82) is 0 Å². The summed E-state index contributed by atoms with van der Waals surface area (Å²) in [5, 5.41) is 12.5. The van der Waals surface area contributed by atoms with Crippen LogP contribution in [0.2, 0.25) is 0 Å². The molecule has 0 amide bonds. The summed E-state index contributed by atoms with van der Waals surface area (Å²) in [5.74, 6) is 0.203. The van der Waals surface area contributed by atoms with Crippen molar-refractivity contribution in [3.8, 4) is 5.75 Å². The van der Waals surface area contributed by atoms with Crippen molar-refractivity contribution in [1.82, 2.24) is 5.32 Å². The van der Waals surface area contributed by atoms with Gasteiger partial charge in [-0.1, -0.05) is 18.2 Å². The summed E-state index contributed by atoms with van der Waals surface area (Å²) in [6.45, 7) is 6.54. The summed E-state index contributed by atoms with van der Waals surface area (Å²) in [6, 6.07) is 8.25. The lowest BCUT2D eigenvalue weighted by atomic mass is 9.67. The second kappa shape index (κ2) is 5.83. The minimum atomic E-state index is -0.695. The first-order valence-electron chi connectivity index (χ1n) is 7.12. The van der Waals surface area contributed by atoms with Gasteiger partial charge in [0, 0.05) is 18.2 Å². The molecule has 1 fully saturated rings. The van der Waals surface area contributed by atoms with Crippen LogP contribution in [0.15, 0.2) is 24.3 Å². The van der Waals surface area contributed by atoms with Gasteiger partial charge in [-0.2, -0.15) is 0 Å². The van der Waals surface area contributed by atoms with E-state index < -0.39 is 11.4 Å². The van der Waals surface area contributed by atoms with Crippen LogP contribution in [0.1, 0.15) is 39.2 Å². The Bertz CT molecular complexity index is 478. The fourth-order valence-corrected chi connectivity index (χ4v) is 2.62. The zero-order chi connectivity index (χ0) is 14.8. The number of hydrogen-bond donors (Lipinski definition) is 2. The standard InChI is InChI=1S/C16H23NO3/c1-11(2)20-14-7-5-4-6-12(14)10-17-13-8-16(3,9-13)15(18)19/h4-7,11,13,17H,8-10H2,1-3H3,(H,18,19). The van der Waals surface area contributed by atoms with Crippen LogP contribution < -0.4 is 10.1 Å². The van der Waals surface area contributed by atoms with Gasteiger partial charge in [-0.05, 0) is 39.7 Å². The van der Waals surface area contributed by atoms with Crippen LogP contribution >= 0.6 is 0 Å². The van der Waals surface area contributed by atoms with E-state index >= 15 is 0 Å². The number of nitrogens with one attached hydrogen (secondary N) is 1. The Morgan fingerprint density at radius 3 is 2.70 bits per heavy atom. The van der Waals surface area contributed by atoms with E-state index in [0.717, 1.165) is 11.3 Å². The van der Waals surface area contributed by atoms with Crippen LogP contribution in [-0.2, 0) is 11.3 Å². The van der Waals surface area contributed by atoms with Gasteiger partial charge in [0.05, 0.1) is 11.5 Å². The first-order valence-corrected chi connectivity index (χ1v) is 7.12. The average Bonchev–Trinajstić information content (AvgIpc) is 2.33. The van der Waals surface area contributed by atoms with Crippen LogP contribution in [0.4, 0.5) is 0 Å². The molecule has 0 aliphatic heterocycles. The molecule has 0 heterocycles. The van der Waals surface area contributed by atoms with Gasteiger partial charge in [-0.15, -0.1) is 0 Å². The summed E-state index contributed by atoms with van der Waals surface area (Å²) in [7, 11) is 0. The van der Waals surface area contributed by atoms with Crippen molar-refractivity contribution in [3.05, 3.63) is 29.8 Å². The number of carboxylic acid groups (broad SMARTS) is 1. The summed E-state index contributed by atoms with van der Waals surface area (Å²) >= 11 is 0. The maximum absolute atomic E-state index is 11.1. The normalized spacial score (nSPS) is 25.3. The third kappa shape index (κ3) is 3.31. The molecule has 1 aliphatic carbocycles. The van der Waals surface area contributed by atoms with Gasteiger partial charge in [0.2, 0.25) is 0 Å². The topological polar surface area (TPSA) is 58.6 Å². The molecular formula is C16H23NO3. The molecule has 4 nitrogen and oxygen atoms in total. The quantitative estimate of drug-likeness (QED) is 0.839. The number of rotatable bonds is 6. The van der Waals surface area contributed by atoms with Gasteiger partial charge in [-0.3, -0.25) is 4.79 Å². The van der Waals surface area contributed by atoms with Crippen LogP contribution in [0.3, 0.4) is 0 Å². The molecule has 1 saturated carbocycles. The van der Waals surface area contributed by atoms with Crippen molar-refractivity contribution in [2.24, 2.45) is 5.41 Å². The van der Waals surface area contributed by atoms with Gasteiger partial charge in [0.15, 0.2) is 0 Å². The summed E-state index contributed by atoms with van der Waals surface area (Å²) in [5.41, 5.74) is 0.566. The SMILES string of the molecule is CC(C)Oc1ccccc1CNC1CC(C)(C(=O)O)C1. The Labute approximate surface area is 120 Å². The molecule has 0 radical (unpaired) electrons. The van der Waals surface area contributed by atoms with E-state index in [1.807, 2.05) is 45.0 Å². The lowest BCUT2D eigenvalue weighted by Gasteiger charge is -2.42. The molecule has 2 rings (SSSR count). The molecular weight excluding hydrogens is 254 g/mol. The van der Waals surface area contributed by atoms with Gasteiger partial charge in [0.25, 0.3) is 0 Å². The van der Waals surface area contributed by atoms with E-state index in [1.165, 1.54) is 0 Å². The Hall–Kier alpha value is -1.55. The lowest BCUT2D eigenvalue weighted by molar-refractivity contribution is -0.154. The van der Waals surface area contributed by atoms with Gasteiger partial charge in [-0.25, -0.2) is 0 Å². The smallest absolute Gasteiger partial charge is 0.309 e. The molecule has 1 aliphatic rings. The summed E-state index contributed by atoms with van der Waals surface area (Å²) < 4.78 is 5.77. The third-order valence-electron chi connectivity index (χ3n) is 3.83. The number of para-hydroxylation sites is 1. The zero-order valence-electron chi connectivity index (χ0n) is 12.3. The number of carboxylic acids is 1. The van der Waals surface area contributed by atoms with Crippen molar-refractivity contribution >= 4 is 5.97 Å². The van der Waals surface area contributed by atoms with Gasteiger partial charge >= 0.3 is 5.97 Å². The van der Waals surface area contributed by atoms with Crippen LogP contribution in [-0.4, -0.2) is 23.2 Å². The van der Waals surface area contributed by atoms with E-state index in [9.17, 15) is 4.79 Å². The number of benzene rings is 1. The first-order chi connectivity index (χ1) is 9.40. The Kier molecular flexibility index (Phi) is 4.33. The minimum absolute atomic E-state index is 0.148. The molecule has 1 aromatic carbocycles. The molecule has 0 saturated heterocycles. The maximum atomic E-state index is 11.1. The number of aliphatic carboxylic acids is 1. The first kappa shape index (κ1) is 14.9. The average molecular weight is 277 g/mol. The van der Waals surface area contributed by atoms with E-state index in [4.69, 9.17) is 9.84 Å². The number of hydrogen-bond acceptors (Lipinski definition) is 3. The van der Waals surface area contributed by atoms with E-state index in [1.54, 1.807) is 0 Å². The molecule has 2 N–H and O–H groups in total. The second-order valence-corrected chi connectivity index (χ2v) is 6.13. The predicted molar refractivity (Wildman–Crippen MR) is 77.8 cm³/mol. The van der Waals surface area contributed by atoms with Crippen molar-refractivity contribution in [3.63, 3.8) is 0 Å². The summed E-state index contributed by atoms with van der Waals surface area (Å²) in [4.78, 5) is 11.1. The highest BCUT2D eigenvalue weighted by Crippen LogP contribution is 2.41. The zero-order valence-corrected chi connectivity index (χ0v) is 12.3. The molecule has 0 spiro atoms. The second-order valence-electron chi connectivity index (χ2n) is 6.13. The third-order valence-corrected chi connectivity index (χ3v) is 3.83. The molecule has 1 aromatic rings. The molecule has 20 heavy (non-hydrogen) atoms. The molecule has 4 heteroatoms. The Balaban J connectivity index is 1.88. The molecule has 110 valence electrons. The minimum Gasteiger partial charge on any atom is -0.491 e. The maximum Gasteiger partial charge on any atom is 0.309 e. The van der Waals surface area contributed by atoms with Crippen molar-refractivity contribution in [2.75, 3.05) is 0 Å². The highest BCUT2D eigenvalue weighted by atomic mass is 16.5. The molecule has 0 atom stereocenters. The van der Waals surface area contributed by atoms with Gasteiger partial charge in [0.1, 0.15) is 5.75 Å². The monoisotopic (exact) mass is 277 g/mol. The fraction of sp³-hybridized carbons (Fsp3) is 0.562. The number of ether oxygens (including phenoxy) is 1. The Morgan fingerprint density at radius 2 is 2.10 bits per heavy atom. The highest BCUT2D eigenvalue weighted by Gasteiger charge is 2.46. The number of carbonyl (C=O) groups is 1. The van der Waals surface area contributed by atoms with Crippen molar-refractivity contribution < 1.29 is 14.6 Å². The van der Waals surface area contributed by atoms with E-state index in [0.29, 0.717) is 19.4 Å². The fourth-order valence-electron chi connectivity index (χ4n) is 2.62. The van der Waals surface area contributed by atoms with E-state index in [-0.39, 0.29) is 12.1 Å². The summed E-state index contributed by atoms with van der Waals surface area (Å²) in [6.07, 6.45) is 1.53. The van der Waals surface area contributed by atoms with Crippen LogP contribution in [0.25, 0.3) is 0 Å². The Morgan fingerprint density at radius 1 is 1.45 bits per heavy atom. The van der Waals surface area contributed by atoms with E-state index in [2.05, 4.69) is 5.32 Å². The van der Waals surface area contributed by atoms with Crippen LogP contribution in [0.5, 0.6) is 5.75 Å².